The predicted octanol–water partition coefficient (Wildman–Crippen LogP) is -0.333. The molecule has 1 aliphatic heterocycles. The molecule has 1 aromatic rings. The van der Waals surface area contributed by atoms with E-state index < -0.39 is 5.97 Å². The SMILES string of the molecule is O=C1C[NH+]([O-])C(c2ccccc2)CO1. The second-order valence-corrected chi connectivity index (χ2v) is 3.29. The number of carbonyl (C=O) groups is 1. The summed E-state index contributed by atoms with van der Waals surface area (Å²) in [6.07, 6.45) is 0. The fraction of sp³-hybridized carbons (Fsp3) is 0.300. The van der Waals surface area contributed by atoms with E-state index in [2.05, 4.69) is 0 Å². The van der Waals surface area contributed by atoms with Gasteiger partial charge in [0.2, 0.25) is 0 Å². The Morgan fingerprint density at radius 3 is 2.71 bits per heavy atom. The number of hydrogen-bond donors (Lipinski definition) is 1. The lowest BCUT2D eigenvalue weighted by Crippen LogP contribution is -3.10. The largest absolute Gasteiger partial charge is 0.633 e. The van der Waals surface area contributed by atoms with E-state index >= 15 is 0 Å². The Hall–Kier alpha value is -1.39. The summed E-state index contributed by atoms with van der Waals surface area (Å²) >= 11 is 0. The van der Waals surface area contributed by atoms with Crippen LogP contribution in [0.4, 0.5) is 0 Å². The molecule has 2 rings (SSSR count). The van der Waals surface area contributed by atoms with Crippen molar-refractivity contribution in [1.29, 1.82) is 0 Å². The highest BCUT2D eigenvalue weighted by atomic mass is 16.6. The van der Waals surface area contributed by atoms with E-state index in [1.807, 2.05) is 30.3 Å². The summed E-state index contributed by atoms with van der Waals surface area (Å²) in [4.78, 5) is 10.8. The van der Waals surface area contributed by atoms with Gasteiger partial charge in [-0.15, -0.1) is 0 Å². The molecule has 1 saturated heterocycles. The van der Waals surface area contributed by atoms with E-state index in [-0.39, 0.29) is 24.3 Å². The van der Waals surface area contributed by atoms with Gasteiger partial charge in [-0.3, -0.25) is 0 Å². The molecular formula is C10H11NO3. The van der Waals surface area contributed by atoms with Crippen LogP contribution in [0.2, 0.25) is 0 Å². The number of benzene rings is 1. The number of cyclic esters (lactones) is 1. The van der Waals surface area contributed by atoms with Crippen molar-refractivity contribution in [1.82, 2.24) is 0 Å². The molecule has 2 atom stereocenters. The molecule has 1 N–H and O–H groups in total. The third kappa shape index (κ3) is 1.76. The molecule has 1 fully saturated rings. The van der Waals surface area contributed by atoms with Crippen LogP contribution in [0, 0.1) is 5.21 Å². The summed E-state index contributed by atoms with van der Waals surface area (Å²) in [7, 11) is 0. The number of morpholine rings is 1. The molecule has 0 aliphatic carbocycles. The van der Waals surface area contributed by atoms with Crippen molar-refractivity contribution in [2.45, 2.75) is 6.04 Å². The van der Waals surface area contributed by atoms with E-state index in [1.165, 1.54) is 0 Å². The Bertz CT molecular complexity index is 325. The molecule has 0 aromatic heterocycles. The fourth-order valence-corrected chi connectivity index (χ4v) is 1.55. The number of ether oxygens (including phenoxy) is 1. The average molecular weight is 193 g/mol. The zero-order valence-electron chi connectivity index (χ0n) is 7.60. The van der Waals surface area contributed by atoms with Crippen LogP contribution in [-0.2, 0) is 9.53 Å². The van der Waals surface area contributed by atoms with Crippen LogP contribution in [-0.4, -0.2) is 19.1 Å². The smallest absolute Gasteiger partial charge is 0.362 e. The summed E-state index contributed by atoms with van der Waals surface area (Å²) < 4.78 is 4.86. The Labute approximate surface area is 81.7 Å². The lowest BCUT2D eigenvalue weighted by Gasteiger charge is -2.34. The van der Waals surface area contributed by atoms with E-state index in [4.69, 9.17) is 4.74 Å². The Kier molecular flexibility index (Phi) is 2.47. The molecule has 0 saturated carbocycles. The second kappa shape index (κ2) is 3.77. The second-order valence-electron chi connectivity index (χ2n) is 3.29. The minimum absolute atomic E-state index is 0.0487. The number of esters is 1. The zero-order chi connectivity index (χ0) is 9.97. The minimum atomic E-state index is -0.415. The van der Waals surface area contributed by atoms with Crippen molar-refractivity contribution < 1.29 is 14.6 Å². The summed E-state index contributed by atoms with van der Waals surface area (Å²) in [5.41, 5.74) is 0.921. The monoisotopic (exact) mass is 193 g/mol. The summed E-state index contributed by atoms with van der Waals surface area (Å²) in [5.74, 6) is -0.415. The van der Waals surface area contributed by atoms with Crippen LogP contribution in [0.3, 0.4) is 0 Å². The molecule has 1 heterocycles. The highest BCUT2D eigenvalue weighted by Gasteiger charge is 2.27. The number of hydrogen-bond acceptors (Lipinski definition) is 3. The van der Waals surface area contributed by atoms with Gasteiger partial charge in [0.15, 0.2) is 6.54 Å². The fourth-order valence-electron chi connectivity index (χ4n) is 1.55. The summed E-state index contributed by atoms with van der Waals surface area (Å²) in [6, 6.07) is 9.12. The van der Waals surface area contributed by atoms with E-state index in [9.17, 15) is 10.0 Å². The Balaban J connectivity index is 2.16. The van der Waals surface area contributed by atoms with Gasteiger partial charge in [-0.1, -0.05) is 30.3 Å². The first-order valence-electron chi connectivity index (χ1n) is 4.50. The quantitative estimate of drug-likeness (QED) is 0.490. The summed E-state index contributed by atoms with van der Waals surface area (Å²) in [5, 5.41) is 11.5. The van der Waals surface area contributed by atoms with Crippen LogP contribution in [0.5, 0.6) is 0 Å². The van der Waals surface area contributed by atoms with Crippen LogP contribution in [0.15, 0.2) is 30.3 Å². The molecule has 0 radical (unpaired) electrons. The number of nitrogens with one attached hydrogen (secondary N) is 1. The number of quaternary nitrogens is 1. The van der Waals surface area contributed by atoms with Gasteiger partial charge in [0.25, 0.3) is 0 Å². The number of rotatable bonds is 1. The van der Waals surface area contributed by atoms with E-state index in [0.717, 1.165) is 5.56 Å². The van der Waals surface area contributed by atoms with Crippen molar-refractivity contribution in [3.63, 3.8) is 0 Å². The van der Waals surface area contributed by atoms with Gasteiger partial charge in [0.1, 0.15) is 12.6 Å². The third-order valence-corrected chi connectivity index (χ3v) is 2.32. The zero-order valence-corrected chi connectivity index (χ0v) is 7.60. The molecule has 0 bridgehead atoms. The number of hydroxylamine groups is 2. The molecule has 14 heavy (non-hydrogen) atoms. The first kappa shape index (κ1) is 9.18. The predicted molar refractivity (Wildman–Crippen MR) is 49.3 cm³/mol. The van der Waals surface area contributed by atoms with Gasteiger partial charge in [0, 0.05) is 5.56 Å². The summed E-state index contributed by atoms with van der Waals surface area (Å²) in [6.45, 7) is 0.0846. The number of carbonyl (C=O) groups excluding carboxylic acids is 1. The van der Waals surface area contributed by atoms with Gasteiger partial charge in [-0.2, -0.15) is 0 Å². The normalized spacial score (nSPS) is 27.1. The topological polar surface area (TPSA) is 53.8 Å². The maximum atomic E-state index is 11.5. The lowest BCUT2D eigenvalue weighted by molar-refractivity contribution is -0.880. The van der Waals surface area contributed by atoms with Crippen molar-refractivity contribution in [2.75, 3.05) is 13.2 Å². The first-order valence-corrected chi connectivity index (χ1v) is 4.50. The van der Waals surface area contributed by atoms with Gasteiger partial charge < -0.3 is 15.0 Å². The van der Waals surface area contributed by atoms with Crippen LogP contribution >= 0.6 is 0 Å². The van der Waals surface area contributed by atoms with Crippen molar-refractivity contribution in [3.8, 4) is 0 Å². The van der Waals surface area contributed by atoms with Gasteiger partial charge in [0.05, 0.1) is 0 Å². The molecule has 4 heteroatoms. The molecule has 0 amide bonds. The van der Waals surface area contributed by atoms with E-state index in [1.54, 1.807) is 0 Å². The van der Waals surface area contributed by atoms with Crippen molar-refractivity contribution in [3.05, 3.63) is 41.1 Å². The van der Waals surface area contributed by atoms with Gasteiger partial charge in [-0.25, -0.2) is 4.79 Å². The molecule has 1 aliphatic rings. The molecule has 0 spiro atoms. The first-order chi connectivity index (χ1) is 6.77. The standard InChI is InChI=1S/C10H11NO3/c12-10-6-11(13)9(7-14-10)8-4-2-1-3-5-8/h1-5,9,11H,6-7H2. The maximum Gasteiger partial charge on any atom is 0.362 e. The highest BCUT2D eigenvalue weighted by molar-refractivity contribution is 5.70. The molecule has 4 nitrogen and oxygen atoms in total. The van der Waals surface area contributed by atoms with Crippen LogP contribution in [0.25, 0.3) is 0 Å². The van der Waals surface area contributed by atoms with Crippen LogP contribution < -0.4 is 5.06 Å². The Morgan fingerprint density at radius 1 is 1.36 bits per heavy atom. The molecular weight excluding hydrogens is 182 g/mol. The minimum Gasteiger partial charge on any atom is -0.633 e. The van der Waals surface area contributed by atoms with Crippen LogP contribution in [0.1, 0.15) is 11.6 Å². The van der Waals surface area contributed by atoms with Crippen molar-refractivity contribution in [2.24, 2.45) is 0 Å². The average Bonchev–Trinajstić information content (AvgIpc) is 2.19. The van der Waals surface area contributed by atoms with E-state index in [0.29, 0.717) is 0 Å². The Morgan fingerprint density at radius 2 is 2.07 bits per heavy atom. The molecule has 1 aromatic carbocycles. The van der Waals surface area contributed by atoms with Gasteiger partial charge >= 0.3 is 5.97 Å². The van der Waals surface area contributed by atoms with Crippen molar-refractivity contribution >= 4 is 5.97 Å². The third-order valence-electron chi connectivity index (χ3n) is 2.32. The maximum absolute atomic E-state index is 11.5. The molecule has 2 unspecified atom stereocenters. The molecule has 74 valence electrons. The lowest BCUT2D eigenvalue weighted by atomic mass is 10.1. The van der Waals surface area contributed by atoms with Gasteiger partial charge in [-0.05, 0) is 0 Å². The highest BCUT2D eigenvalue weighted by Crippen LogP contribution is 2.11.